The predicted molar refractivity (Wildman–Crippen MR) is 115 cm³/mol. The highest BCUT2D eigenvalue weighted by molar-refractivity contribution is 6.23. The number of hydrogen-bond acceptors (Lipinski definition) is 6. The van der Waals surface area contributed by atoms with Crippen molar-refractivity contribution < 1.29 is 19.2 Å². The summed E-state index contributed by atoms with van der Waals surface area (Å²) in [6, 6.07) is 4.56. The first-order chi connectivity index (χ1) is 15.4. The molecule has 1 aromatic carbocycles. The Morgan fingerprint density at radius 2 is 1.62 bits per heavy atom. The molecule has 3 unspecified atom stereocenters. The Hall–Kier alpha value is -2.58. The molecule has 8 nitrogen and oxygen atoms in total. The summed E-state index contributed by atoms with van der Waals surface area (Å²) in [5.74, 6) is -1.82. The first-order valence-electron chi connectivity index (χ1n) is 11.7. The highest BCUT2D eigenvalue weighted by Crippen LogP contribution is 2.57. The van der Waals surface area contributed by atoms with Gasteiger partial charge >= 0.3 is 0 Å². The van der Waals surface area contributed by atoms with Crippen LogP contribution < -0.4 is 10.6 Å². The maximum atomic E-state index is 13.1. The number of nitrogens with zero attached hydrogens (tertiary/aromatic N) is 2. The molecule has 4 amide bonds. The first kappa shape index (κ1) is 20.1. The Morgan fingerprint density at radius 3 is 2.31 bits per heavy atom. The van der Waals surface area contributed by atoms with Crippen molar-refractivity contribution in [1.82, 2.24) is 20.4 Å². The highest BCUT2D eigenvalue weighted by atomic mass is 16.2. The number of carbonyl (C=O) groups is 4. The zero-order valence-electron chi connectivity index (χ0n) is 18.1. The van der Waals surface area contributed by atoms with E-state index in [1.165, 1.54) is 25.7 Å². The van der Waals surface area contributed by atoms with Crippen molar-refractivity contribution in [2.24, 2.45) is 10.8 Å². The number of nitrogens with one attached hydrogen (secondary N) is 2. The standard InChI is InChI=1S/C24H28N4O4/c29-19-6-5-18(20(30)26-19)28-21(31)16-4-3-15(9-17(16)22(28)32)10-27-13-23-7-1-2-8-24(23,14-27)12-25-11-23/h3-4,9,18,25H,1-2,5-8,10-14H2,(H,26,29,30). The second-order valence-electron chi connectivity index (χ2n) is 10.3. The van der Waals surface area contributed by atoms with E-state index in [0.29, 0.717) is 22.0 Å². The molecule has 1 aromatic rings. The first-order valence-corrected chi connectivity index (χ1v) is 11.7. The number of hydrogen-bond donors (Lipinski definition) is 2. The van der Waals surface area contributed by atoms with Crippen molar-refractivity contribution in [3.8, 4) is 0 Å². The lowest BCUT2D eigenvalue weighted by Gasteiger charge is -2.42. The normalized spacial score (nSPS) is 34.5. The molecule has 6 rings (SSSR count). The summed E-state index contributed by atoms with van der Waals surface area (Å²) in [6.07, 6.45) is 5.49. The Labute approximate surface area is 186 Å². The molecule has 8 heteroatoms. The lowest BCUT2D eigenvalue weighted by Crippen LogP contribution is -2.54. The minimum absolute atomic E-state index is 0.127. The average Bonchev–Trinajstić information content (AvgIpc) is 3.35. The van der Waals surface area contributed by atoms with Crippen LogP contribution in [0.15, 0.2) is 18.2 Å². The van der Waals surface area contributed by atoms with E-state index in [1.807, 2.05) is 12.1 Å². The smallest absolute Gasteiger partial charge is 0.262 e. The van der Waals surface area contributed by atoms with Gasteiger partial charge in [-0.25, -0.2) is 0 Å². The van der Waals surface area contributed by atoms with E-state index in [9.17, 15) is 19.2 Å². The topological polar surface area (TPSA) is 98.8 Å². The van der Waals surface area contributed by atoms with Gasteiger partial charge in [0.05, 0.1) is 11.1 Å². The molecule has 4 heterocycles. The molecular formula is C24H28N4O4. The maximum absolute atomic E-state index is 13.1. The van der Waals surface area contributed by atoms with Crippen molar-refractivity contribution in [3.05, 3.63) is 34.9 Å². The van der Waals surface area contributed by atoms with Gasteiger partial charge in [0.15, 0.2) is 0 Å². The van der Waals surface area contributed by atoms with Gasteiger partial charge in [0.2, 0.25) is 11.8 Å². The molecular weight excluding hydrogens is 408 g/mol. The molecule has 1 saturated carbocycles. The van der Waals surface area contributed by atoms with Crippen LogP contribution in [0, 0.1) is 10.8 Å². The van der Waals surface area contributed by atoms with Gasteiger partial charge in [-0.1, -0.05) is 18.9 Å². The molecule has 0 bridgehead atoms. The van der Waals surface area contributed by atoms with Crippen molar-refractivity contribution in [2.75, 3.05) is 26.2 Å². The lowest BCUT2D eigenvalue weighted by atomic mass is 9.60. The van der Waals surface area contributed by atoms with Crippen molar-refractivity contribution in [2.45, 2.75) is 51.1 Å². The van der Waals surface area contributed by atoms with Crippen LogP contribution in [0.2, 0.25) is 0 Å². The molecule has 0 aromatic heterocycles. The van der Waals surface area contributed by atoms with Gasteiger partial charge in [-0.3, -0.25) is 34.3 Å². The fourth-order valence-corrected chi connectivity index (χ4v) is 7.05. The summed E-state index contributed by atoms with van der Waals surface area (Å²) >= 11 is 0. The molecule has 5 aliphatic rings. The summed E-state index contributed by atoms with van der Waals surface area (Å²) in [7, 11) is 0. The fraction of sp³-hybridized carbons (Fsp3) is 0.583. The predicted octanol–water partition coefficient (Wildman–Crippen LogP) is 1.05. The third-order valence-corrected chi connectivity index (χ3v) is 8.58. The second kappa shape index (κ2) is 6.96. The third-order valence-electron chi connectivity index (χ3n) is 8.58. The van der Waals surface area contributed by atoms with E-state index in [1.54, 1.807) is 6.07 Å². The minimum Gasteiger partial charge on any atom is -0.315 e. The zero-order valence-corrected chi connectivity index (χ0v) is 18.1. The number of imide groups is 2. The van der Waals surface area contributed by atoms with E-state index < -0.39 is 23.8 Å². The van der Waals surface area contributed by atoms with Crippen LogP contribution in [0.25, 0.3) is 0 Å². The molecule has 32 heavy (non-hydrogen) atoms. The Morgan fingerprint density at radius 1 is 0.938 bits per heavy atom. The van der Waals surface area contributed by atoms with Crippen LogP contribution >= 0.6 is 0 Å². The Kier molecular flexibility index (Phi) is 4.36. The summed E-state index contributed by atoms with van der Waals surface area (Å²) in [5.41, 5.74) is 2.48. The molecule has 2 N–H and O–H groups in total. The van der Waals surface area contributed by atoms with Gasteiger partial charge in [-0.2, -0.15) is 0 Å². The number of fused-ring (bicyclic) bond motifs is 1. The fourth-order valence-electron chi connectivity index (χ4n) is 7.05. The largest absolute Gasteiger partial charge is 0.315 e. The van der Waals surface area contributed by atoms with Gasteiger partial charge in [0.1, 0.15) is 6.04 Å². The number of carbonyl (C=O) groups excluding carboxylic acids is 4. The van der Waals surface area contributed by atoms with Gasteiger partial charge in [-0.05, 0) is 37.0 Å². The summed E-state index contributed by atoms with van der Waals surface area (Å²) in [4.78, 5) is 53.3. The van der Waals surface area contributed by atoms with Gasteiger partial charge < -0.3 is 5.32 Å². The van der Waals surface area contributed by atoms with E-state index >= 15 is 0 Å². The maximum Gasteiger partial charge on any atom is 0.262 e. The quantitative estimate of drug-likeness (QED) is 0.688. The van der Waals surface area contributed by atoms with E-state index in [-0.39, 0.29) is 18.7 Å². The van der Waals surface area contributed by atoms with Gasteiger partial charge in [-0.15, -0.1) is 0 Å². The molecule has 4 fully saturated rings. The molecule has 1 aliphatic carbocycles. The zero-order chi connectivity index (χ0) is 22.1. The average molecular weight is 437 g/mol. The highest BCUT2D eigenvalue weighted by Gasteiger charge is 2.60. The number of amides is 4. The van der Waals surface area contributed by atoms with Crippen LogP contribution in [0.1, 0.15) is 64.8 Å². The van der Waals surface area contributed by atoms with Crippen LogP contribution in [0.4, 0.5) is 0 Å². The van der Waals surface area contributed by atoms with E-state index in [2.05, 4.69) is 15.5 Å². The second-order valence-corrected chi connectivity index (χ2v) is 10.3. The number of likely N-dealkylation sites (tertiary alicyclic amines) is 1. The Balaban J connectivity index is 1.22. The van der Waals surface area contributed by atoms with E-state index in [4.69, 9.17) is 0 Å². The monoisotopic (exact) mass is 436 g/mol. The van der Waals surface area contributed by atoms with E-state index in [0.717, 1.165) is 43.2 Å². The van der Waals surface area contributed by atoms with Crippen LogP contribution in [-0.4, -0.2) is 65.6 Å². The van der Waals surface area contributed by atoms with Crippen LogP contribution in [-0.2, 0) is 16.1 Å². The molecule has 4 aliphatic heterocycles. The van der Waals surface area contributed by atoms with Crippen LogP contribution in [0.3, 0.4) is 0 Å². The van der Waals surface area contributed by atoms with Gasteiger partial charge in [0, 0.05) is 50.0 Å². The number of rotatable bonds is 3. The lowest BCUT2D eigenvalue weighted by molar-refractivity contribution is -0.136. The molecule has 3 saturated heterocycles. The number of benzene rings is 1. The molecule has 0 spiro atoms. The number of piperidine rings is 1. The molecule has 168 valence electrons. The third kappa shape index (κ3) is 2.75. The summed E-state index contributed by atoms with van der Waals surface area (Å²) in [5, 5.41) is 5.89. The summed E-state index contributed by atoms with van der Waals surface area (Å²) < 4.78 is 0. The molecule has 0 radical (unpaired) electrons. The van der Waals surface area contributed by atoms with Crippen molar-refractivity contribution in [3.63, 3.8) is 0 Å². The Bertz CT molecular complexity index is 1030. The molecule has 3 atom stereocenters. The van der Waals surface area contributed by atoms with Crippen LogP contribution in [0.5, 0.6) is 0 Å². The van der Waals surface area contributed by atoms with Crippen molar-refractivity contribution in [1.29, 1.82) is 0 Å². The minimum atomic E-state index is -0.921. The van der Waals surface area contributed by atoms with Gasteiger partial charge in [0.25, 0.3) is 11.8 Å². The van der Waals surface area contributed by atoms with Crippen molar-refractivity contribution >= 4 is 23.6 Å². The SMILES string of the molecule is O=C1CCC(N2C(=O)c3ccc(CN4CC56CCCCC5(CNC6)C4)cc3C2=O)C(=O)N1. The summed E-state index contributed by atoms with van der Waals surface area (Å²) in [6.45, 7) is 5.11.